The predicted molar refractivity (Wildman–Crippen MR) is 79.3 cm³/mol. The highest BCUT2D eigenvalue weighted by Gasteiger charge is 2.32. The molecule has 0 bridgehead atoms. The van der Waals surface area contributed by atoms with Crippen molar-refractivity contribution < 1.29 is 5.11 Å². The summed E-state index contributed by atoms with van der Waals surface area (Å²) in [5.41, 5.74) is 6.17. The fraction of sp³-hybridized carbons (Fsp3) is 0.333. The lowest BCUT2D eigenvalue weighted by molar-refractivity contribution is 0.0839. The number of hydrogen-bond donors (Lipinski definition) is 2. The van der Waals surface area contributed by atoms with Crippen molar-refractivity contribution in [3.63, 3.8) is 0 Å². The van der Waals surface area contributed by atoms with Crippen molar-refractivity contribution in [3.8, 4) is 11.4 Å². The number of nitrogens with zero attached hydrogens (tertiary/aromatic N) is 3. The summed E-state index contributed by atoms with van der Waals surface area (Å²) < 4.78 is 0. The maximum absolute atomic E-state index is 10.1. The lowest BCUT2D eigenvalue weighted by Gasteiger charge is -2.20. The van der Waals surface area contributed by atoms with E-state index in [2.05, 4.69) is 9.97 Å². The van der Waals surface area contributed by atoms with E-state index >= 15 is 0 Å². The molecule has 3 rings (SSSR count). The second-order valence-corrected chi connectivity index (χ2v) is 5.51. The van der Waals surface area contributed by atoms with Crippen molar-refractivity contribution in [2.75, 3.05) is 23.7 Å². The maximum atomic E-state index is 10.1. The molecule has 20 heavy (non-hydrogen) atoms. The largest absolute Gasteiger partial charge is 0.388 e. The van der Waals surface area contributed by atoms with Gasteiger partial charge < -0.3 is 15.7 Å². The fourth-order valence-electron chi connectivity index (χ4n) is 2.47. The Morgan fingerprint density at radius 2 is 2.00 bits per heavy atom. The third kappa shape index (κ3) is 2.58. The molecule has 1 saturated heterocycles. The molecular formula is C15H18N4O. The first kappa shape index (κ1) is 12.9. The average Bonchev–Trinajstić information content (AvgIpc) is 2.79. The molecule has 1 aromatic carbocycles. The van der Waals surface area contributed by atoms with E-state index < -0.39 is 5.60 Å². The van der Waals surface area contributed by atoms with E-state index in [1.54, 1.807) is 6.07 Å². The molecule has 1 fully saturated rings. The first-order chi connectivity index (χ1) is 9.53. The highest BCUT2D eigenvalue weighted by molar-refractivity contribution is 5.61. The van der Waals surface area contributed by atoms with Gasteiger partial charge in [0, 0.05) is 24.7 Å². The van der Waals surface area contributed by atoms with Gasteiger partial charge in [-0.05, 0) is 13.3 Å². The molecule has 0 spiro atoms. The van der Waals surface area contributed by atoms with Gasteiger partial charge in [0.15, 0.2) is 5.82 Å². The molecule has 0 radical (unpaired) electrons. The summed E-state index contributed by atoms with van der Waals surface area (Å²) in [5.74, 6) is 1.83. The van der Waals surface area contributed by atoms with Crippen LogP contribution in [-0.4, -0.2) is 33.8 Å². The van der Waals surface area contributed by atoms with Gasteiger partial charge in [-0.2, -0.15) is 0 Å². The standard InChI is InChI=1S/C15H18N4O/c1-15(20)7-8-19(10-15)13-9-12(16)17-14(18-13)11-5-3-2-4-6-11/h2-6,9,20H,7-8,10H2,1H3,(H2,16,17,18). The lowest BCUT2D eigenvalue weighted by atomic mass is 10.1. The van der Waals surface area contributed by atoms with Crippen LogP contribution in [0.2, 0.25) is 0 Å². The number of rotatable bonds is 2. The average molecular weight is 270 g/mol. The lowest BCUT2D eigenvalue weighted by Crippen LogP contribution is -2.30. The summed E-state index contributed by atoms with van der Waals surface area (Å²) in [7, 11) is 0. The molecule has 2 aromatic rings. The molecule has 1 unspecified atom stereocenters. The number of benzene rings is 1. The SMILES string of the molecule is CC1(O)CCN(c2cc(N)nc(-c3ccccc3)n2)C1. The monoisotopic (exact) mass is 270 g/mol. The first-order valence-corrected chi connectivity index (χ1v) is 6.71. The van der Waals surface area contributed by atoms with Crippen LogP contribution in [-0.2, 0) is 0 Å². The molecular weight excluding hydrogens is 252 g/mol. The smallest absolute Gasteiger partial charge is 0.163 e. The summed E-state index contributed by atoms with van der Waals surface area (Å²) in [5, 5.41) is 10.1. The van der Waals surface area contributed by atoms with E-state index in [1.165, 1.54) is 0 Å². The minimum absolute atomic E-state index is 0.445. The Bertz CT molecular complexity index is 613. The number of β-amino-alcohol motifs (C(OH)–C–C–N with tert-alkyl or cyclic N) is 1. The molecule has 3 N–H and O–H groups in total. The van der Waals surface area contributed by atoms with Crippen LogP contribution in [0.25, 0.3) is 11.4 Å². The number of anilines is 2. The second kappa shape index (κ2) is 4.76. The van der Waals surface area contributed by atoms with Crippen LogP contribution in [0.1, 0.15) is 13.3 Å². The quantitative estimate of drug-likeness (QED) is 0.868. The topological polar surface area (TPSA) is 75.3 Å². The number of nitrogen functional groups attached to an aromatic ring is 1. The van der Waals surface area contributed by atoms with Crippen LogP contribution in [0.15, 0.2) is 36.4 Å². The van der Waals surface area contributed by atoms with Crippen LogP contribution < -0.4 is 10.6 Å². The van der Waals surface area contributed by atoms with Gasteiger partial charge in [0.25, 0.3) is 0 Å². The van der Waals surface area contributed by atoms with E-state index in [9.17, 15) is 5.11 Å². The number of aromatic nitrogens is 2. The third-order valence-corrected chi connectivity index (χ3v) is 3.54. The van der Waals surface area contributed by atoms with Crippen molar-refractivity contribution in [3.05, 3.63) is 36.4 Å². The zero-order valence-electron chi connectivity index (χ0n) is 11.5. The van der Waals surface area contributed by atoms with Crippen LogP contribution in [0, 0.1) is 0 Å². The second-order valence-electron chi connectivity index (χ2n) is 5.51. The van der Waals surface area contributed by atoms with Crippen LogP contribution in [0.4, 0.5) is 11.6 Å². The van der Waals surface area contributed by atoms with Crippen LogP contribution in [0.3, 0.4) is 0 Å². The van der Waals surface area contributed by atoms with E-state index in [1.807, 2.05) is 42.2 Å². The Kier molecular flexibility index (Phi) is 3.06. The molecule has 5 nitrogen and oxygen atoms in total. The van der Waals surface area contributed by atoms with Gasteiger partial charge in [0.1, 0.15) is 11.6 Å². The Hall–Kier alpha value is -2.14. The summed E-state index contributed by atoms with van der Waals surface area (Å²) in [4.78, 5) is 10.9. The van der Waals surface area contributed by atoms with E-state index in [4.69, 9.17) is 5.73 Å². The number of nitrogens with two attached hydrogens (primary N) is 1. The van der Waals surface area contributed by atoms with Crippen LogP contribution in [0.5, 0.6) is 0 Å². The molecule has 1 atom stereocenters. The molecule has 0 saturated carbocycles. The van der Waals surface area contributed by atoms with Crippen molar-refractivity contribution in [2.45, 2.75) is 18.9 Å². The van der Waals surface area contributed by atoms with E-state index in [-0.39, 0.29) is 0 Å². The van der Waals surface area contributed by atoms with E-state index in [0.29, 0.717) is 18.2 Å². The van der Waals surface area contributed by atoms with Gasteiger partial charge >= 0.3 is 0 Å². The van der Waals surface area contributed by atoms with Gasteiger partial charge in [-0.25, -0.2) is 9.97 Å². The molecule has 0 amide bonds. The summed E-state index contributed by atoms with van der Waals surface area (Å²) in [6.45, 7) is 3.19. The fourth-order valence-corrected chi connectivity index (χ4v) is 2.47. The Morgan fingerprint density at radius 3 is 2.65 bits per heavy atom. The molecule has 104 valence electrons. The highest BCUT2D eigenvalue weighted by atomic mass is 16.3. The molecule has 1 aliphatic rings. The van der Waals surface area contributed by atoms with Crippen molar-refractivity contribution in [1.82, 2.24) is 9.97 Å². The van der Waals surface area contributed by atoms with Gasteiger partial charge in [-0.3, -0.25) is 0 Å². The first-order valence-electron chi connectivity index (χ1n) is 6.71. The Morgan fingerprint density at radius 1 is 1.25 bits per heavy atom. The number of hydrogen-bond acceptors (Lipinski definition) is 5. The molecule has 2 heterocycles. The predicted octanol–water partition coefficient (Wildman–Crippen LogP) is 1.69. The maximum Gasteiger partial charge on any atom is 0.163 e. The molecule has 1 aromatic heterocycles. The zero-order chi connectivity index (χ0) is 14.2. The minimum Gasteiger partial charge on any atom is -0.388 e. The molecule has 5 heteroatoms. The van der Waals surface area contributed by atoms with Crippen molar-refractivity contribution in [1.29, 1.82) is 0 Å². The minimum atomic E-state index is -0.660. The van der Waals surface area contributed by atoms with E-state index in [0.717, 1.165) is 24.3 Å². The van der Waals surface area contributed by atoms with Gasteiger partial charge in [0.05, 0.1) is 5.60 Å². The Labute approximate surface area is 118 Å². The molecule has 1 aliphatic heterocycles. The highest BCUT2D eigenvalue weighted by Crippen LogP contribution is 2.27. The Balaban J connectivity index is 1.96. The van der Waals surface area contributed by atoms with Gasteiger partial charge in [-0.15, -0.1) is 0 Å². The molecule has 0 aliphatic carbocycles. The van der Waals surface area contributed by atoms with Gasteiger partial charge in [0.2, 0.25) is 0 Å². The number of aliphatic hydroxyl groups is 1. The normalized spacial score (nSPS) is 22.2. The third-order valence-electron chi connectivity index (χ3n) is 3.54. The van der Waals surface area contributed by atoms with Crippen molar-refractivity contribution >= 4 is 11.6 Å². The summed E-state index contributed by atoms with van der Waals surface area (Å²) in [6.07, 6.45) is 0.734. The van der Waals surface area contributed by atoms with Crippen molar-refractivity contribution in [2.24, 2.45) is 0 Å². The zero-order valence-corrected chi connectivity index (χ0v) is 11.5. The summed E-state index contributed by atoms with van der Waals surface area (Å²) in [6, 6.07) is 11.5. The van der Waals surface area contributed by atoms with Gasteiger partial charge in [-0.1, -0.05) is 30.3 Å². The van der Waals surface area contributed by atoms with Crippen LogP contribution >= 0.6 is 0 Å². The summed E-state index contributed by atoms with van der Waals surface area (Å²) >= 11 is 0.